The second-order valence-electron chi connectivity index (χ2n) is 8.59. The predicted molar refractivity (Wildman–Crippen MR) is 129 cm³/mol. The van der Waals surface area contributed by atoms with Crippen molar-refractivity contribution in [3.8, 4) is 17.2 Å². The van der Waals surface area contributed by atoms with Crippen molar-refractivity contribution in [1.82, 2.24) is 20.7 Å². The van der Waals surface area contributed by atoms with Gasteiger partial charge in [0.2, 0.25) is 5.75 Å². The van der Waals surface area contributed by atoms with E-state index in [9.17, 15) is 14.4 Å². The predicted octanol–water partition coefficient (Wildman–Crippen LogP) is 2.12. The van der Waals surface area contributed by atoms with Crippen molar-refractivity contribution in [2.24, 2.45) is 0 Å². The second kappa shape index (κ2) is 11.1. The first kappa shape index (κ1) is 25.8. The summed E-state index contributed by atoms with van der Waals surface area (Å²) in [6.45, 7) is 1.96. The van der Waals surface area contributed by atoms with Crippen molar-refractivity contribution >= 4 is 17.8 Å². The van der Waals surface area contributed by atoms with Gasteiger partial charge in [0.15, 0.2) is 11.5 Å². The third-order valence-corrected chi connectivity index (χ3v) is 5.89. The SMILES string of the molecule is COc1ccc(CN(C)CC(=O)NN2C(=O)NC(C)(CCc3ccccc3)C2=O)c(OC)c1OC. The van der Waals surface area contributed by atoms with Crippen LogP contribution in [0.1, 0.15) is 24.5 Å². The number of carbonyl (C=O) groups is 3. The number of carbonyl (C=O) groups excluding carboxylic acids is 3. The Balaban J connectivity index is 1.60. The molecule has 1 unspecified atom stereocenters. The fourth-order valence-corrected chi connectivity index (χ4v) is 4.03. The highest BCUT2D eigenvalue weighted by molar-refractivity contribution is 6.07. The smallest absolute Gasteiger partial charge is 0.344 e. The monoisotopic (exact) mass is 484 g/mol. The molecule has 10 nitrogen and oxygen atoms in total. The standard InChI is InChI=1S/C25H32N4O6/c1-25(14-13-17-9-7-6-8-10-17)23(31)29(24(32)26-25)27-20(30)16-28(2)15-18-11-12-19(33-3)22(35-5)21(18)34-4/h6-12H,13-16H2,1-5H3,(H,26,32)(H,27,30). The Labute approximate surface area is 205 Å². The zero-order valence-corrected chi connectivity index (χ0v) is 20.7. The number of aryl methyl sites for hydroxylation is 1. The van der Waals surface area contributed by atoms with Crippen LogP contribution in [-0.4, -0.2) is 68.2 Å². The Bertz CT molecular complexity index is 1080. The van der Waals surface area contributed by atoms with Crippen molar-refractivity contribution in [3.05, 3.63) is 53.6 Å². The van der Waals surface area contributed by atoms with Gasteiger partial charge in [-0.05, 0) is 38.4 Å². The molecule has 1 atom stereocenters. The van der Waals surface area contributed by atoms with Gasteiger partial charge in [0.25, 0.3) is 11.8 Å². The highest BCUT2D eigenvalue weighted by Crippen LogP contribution is 2.40. The number of amides is 4. The van der Waals surface area contributed by atoms with E-state index in [4.69, 9.17) is 14.2 Å². The highest BCUT2D eigenvalue weighted by atomic mass is 16.5. The molecule has 188 valence electrons. The van der Waals surface area contributed by atoms with Gasteiger partial charge in [-0.25, -0.2) is 4.79 Å². The fourth-order valence-electron chi connectivity index (χ4n) is 4.03. The van der Waals surface area contributed by atoms with Crippen LogP contribution in [0.15, 0.2) is 42.5 Å². The van der Waals surface area contributed by atoms with Gasteiger partial charge in [0, 0.05) is 12.1 Å². The summed E-state index contributed by atoms with van der Waals surface area (Å²) >= 11 is 0. The van der Waals surface area contributed by atoms with E-state index < -0.39 is 23.4 Å². The Hall–Kier alpha value is -3.79. The number of hydrogen-bond acceptors (Lipinski definition) is 7. The molecule has 4 amide bonds. The fraction of sp³-hybridized carbons (Fsp3) is 0.400. The van der Waals surface area contributed by atoms with E-state index in [0.29, 0.717) is 36.6 Å². The van der Waals surface area contributed by atoms with Crippen molar-refractivity contribution in [2.45, 2.75) is 31.8 Å². The van der Waals surface area contributed by atoms with Crippen LogP contribution in [0.2, 0.25) is 0 Å². The summed E-state index contributed by atoms with van der Waals surface area (Å²) in [6.07, 6.45) is 1.02. The van der Waals surface area contributed by atoms with Gasteiger partial charge in [-0.3, -0.25) is 19.9 Å². The molecule has 0 bridgehead atoms. The van der Waals surface area contributed by atoms with Crippen LogP contribution in [0.5, 0.6) is 17.2 Å². The van der Waals surface area contributed by atoms with Crippen LogP contribution >= 0.6 is 0 Å². The molecule has 2 N–H and O–H groups in total. The summed E-state index contributed by atoms with van der Waals surface area (Å²) in [7, 11) is 6.33. The van der Waals surface area contributed by atoms with E-state index >= 15 is 0 Å². The van der Waals surface area contributed by atoms with Crippen LogP contribution in [0.25, 0.3) is 0 Å². The first-order valence-corrected chi connectivity index (χ1v) is 11.2. The lowest BCUT2D eigenvalue weighted by Crippen LogP contribution is -2.51. The minimum Gasteiger partial charge on any atom is -0.493 e. The summed E-state index contributed by atoms with van der Waals surface area (Å²) in [5.74, 6) is 0.503. The quantitative estimate of drug-likeness (QED) is 0.470. The maximum atomic E-state index is 13.0. The summed E-state index contributed by atoms with van der Waals surface area (Å²) in [5, 5.41) is 3.47. The maximum absolute atomic E-state index is 13.0. The number of nitrogens with one attached hydrogen (secondary N) is 2. The lowest BCUT2D eigenvalue weighted by atomic mass is 9.93. The minimum atomic E-state index is -1.10. The lowest BCUT2D eigenvalue weighted by Gasteiger charge is -2.23. The molecule has 1 saturated heterocycles. The normalized spacial score (nSPS) is 17.4. The van der Waals surface area contributed by atoms with E-state index in [0.717, 1.165) is 16.1 Å². The van der Waals surface area contributed by atoms with Crippen LogP contribution in [0.4, 0.5) is 4.79 Å². The molecule has 3 rings (SSSR count). The topological polar surface area (TPSA) is 109 Å². The van der Waals surface area contributed by atoms with Gasteiger partial charge in [0.05, 0.1) is 27.9 Å². The van der Waals surface area contributed by atoms with E-state index in [2.05, 4.69) is 10.7 Å². The second-order valence-corrected chi connectivity index (χ2v) is 8.59. The average molecular weight is 485 g/mol. The largest absolute Gasteiger partial charge is 0.493 e. The number of likely N-dealkylation sites (N-methyl/N-ethyl adjacent to an activating group) is 1. The van der Waals surface area contributed by atoms with E-state index in [-0.39, 0.29) is 6.54 Å². The number of benzene rings is 2. The van der Waals surface area contributed by atoms with Gasteiger partial charge >= 0.3 is 6.03 Å². The number of rotatable bonds is 11. The Morgan fingerprint density at radius 2 is 1.71 bits per heavy atom. The Morgan fingerprint density at radius 1 is 1.03 bits per heavy atom. The zero-order chi connectivity index (χ0) is 25.6. The molecule has 0 aliphatic carbocycles. The van der Waals surface area contributed by atoms with Crippen LogP contribution < -0.4 is 25.0 Å². The van der Waals surface area contributed by atoms with Crippen molar-refractivity contribution in [1.29, 1.82) is 0 Å². The number of nitrogens with zero attached hydrogens (tertiary/aromatic N) is 2. The van der Waals surface area contributed by atoms with Gasteiger partial charge in [-0.2, -0.15) is 5.01 Å². The zero-order valence-electron chi connectivity index (χ0n) is 20.7. The highest BCUT2D eigenvalue weighted by Gasteiger charge is 2.48. The summed E-state index contributed by atoms with van der Waals surface area (Å²) < 4.78 is 16.2. The molecule has 2 aromatic rings. The molecule has 1 aliphatic rings. The first-order chi connectivity index (χ1) is 16.7. The van der Waals surface area contributed by atoms with Crippen molar-refractivity contribution in [2.75, 3.05) is 34.9 Å². The first-order valence-electron chi connectivity index (χ1n) is 11.2. The number of hydrogen-bond donors (Lipinski definition) is 2. The van der Waals surface area contributed by atoms with Crippen molar-refractivity contribution in [3.63, 3.8) is 0 Å². The minimum absolute atomic E-state index is 0.0602. The molecule has 1 fully saturated rings. The third kappa shape index (κ3) is 5.83. The molecule has 35 heavy (non-hydrogen) atoms. The van der Waals surface area contributed by atoms with Crippen LogP contribution in [0.3, 0.4) is 0 Å². The van der Waals surface area contributed by atoms with E-state index in [1.54, 1.807) is 24.9 Å². The molecule has 0 radical (unpaired) electrons. The van der Waals surface area contributed by atoms with Gasteiger partial charge in [0.1, 0.15) is 5.54 Å². The molecular formula is C25H32N4O6. The lowest BCUT2D eigenvalue weighted by molar-refractivity contribution is -0.139. The number of urea groups is 1. The van der Waals surface area contributed by atoms with Gasteiger partial charge in [-0.15, -0.1) is 0 Å². The van der Waals surface area contributed by atoms with E-state index in [1.165, 1.54) is 21.3 Å². The van der Waals surface area contributed by atoms with E-state index in [1.807, 2.05) is 36.4 Å². The Morgan fingerprint density at radius 3 is 2.34 bits per heavy atom. The molecule has 2 aromatic carbocycles. The number of ether oxygens (including phenoxy) is 3. The molecule has 1 aliphatic heterocycles. The summed E-state index contributed by atoms with van der Waals surface area (Å²) in [4.78, 5) is 39.8. The van der Waals surface area contributed by atoms with Crippen LogP contribution in [0, 0.1) is 0 Å². The number of imide groups is 1. The van der Waals surface area contributed by atoms with Gasteiger partial charge in [-0.1, -0.05) is 36.4 Å². The number of methoxy groups -OCH3 is 3. The molecule has 0 spiro atoms. The summed E-state index contributed by atoms with van der Waals surface area (Å²) in [6, 6.07) is 12.6. The van der Waals surface area contributed by atoms with Crippen molar-refractivity contribution < 1.29 is 28.6 Å². The average Bonchev–Trinajstić information content (AvgIpc) is 3.05. The number of hydrazine groups is 1. The molecule has 0 aromatic heterocycles. The molecule has 1 heterocycles. The summed E-state index contributed by atoms with van der Waals surface area (Å²) in [5.41, 5.74) is 3.18. The maximum Gasteiger partial charge on any atom is 0.344 e. The molecular weight excluding hydrogens is 452 g/mol. The Kier molecular flexibility index (Phi) is 8.18. The van der Waals surface area contributed by atoms with Crippen LogP contribution in [-0.2, 0) is 22.6 Å². The van der Waals surface area contributed by atoms with Gasteiger partial charge < -0.3 is 19.5 Å². The molecule has 0 saturated carbocycles. The third-order valence-electron chi connectivity index (χ3n) is 5.89. The molecule has 10 heteroatoms.